The van der Waals surface area contributed by atoms with Crippen LogP contribution in [0, 0.1) is 20.8 Å². The van der Waals surface area contributed by atoms with Crippen LogP contribution in [0.3, 0.4) is 0 Å². The van der Waals surface area contributed by atoms with E-state index in [2.05, 4.69) is 111 Å². The minimum Gasteiger partial charge on any atom is -0.455 e. The lowest BCUT2D eigenvalue weighted by atomic mass is 10.0. The number of carbonyl (C=O) groups excluding carboxylic acids is 1. The van der Waals surface area contributed by atoms with Gasteiger partial charge < -0.3 is 9.64 Å². The van der Waals surface area contributed by atoms with Crippen molar-refractivity contribution < 1.29 is 9.53 Å². The molecule has 0 aromatic heterocycles. The van der Waals surface area contributed by atoms with E-state index in [-0.39, 0.29) is 6.10 Å². The first kappa shape index (κ1) is 24.0. The van der Waals surface area contributed by atoms with Gasteiger partial charge >= 0.3 is 5.97 Å². The normalized spacial score (nSPS) is 11.5. The second-order valence-electron chi connectivity index (χ2n) is 8.91. The number of rotatable bonds is 7. The average Bonchev–Trinajstić information content (AvgIpc) is 2.87. The molecule has 0 N–H and O–H groups in total. The summed E-state index contributed by atoms with van der Waals surface area (Å²) in [5.41, 5.74) is 10.3. The molecular weight excluding hydrogens is 430 g/mol. The van der Waals surface area contributed by atoms with E-state index in [1.54, 1.807) is 0 Å². The minimum absolute atomic E-state index is 0.322. The van der Waals surface area contributed by atoms with E-state index in [1.165, 1.54) is 28.5 Å². The van der Waals surface area contributed by atoms with Gasteiger partial charge in [-0.15, -0.1) is 0 Å². The Balaban J connectivity index is 1.64. The second kappa shape index (κ2) is 10.4. The maximum absolute atomic E-state index is 11.5. The van der Waals surface area contributed by atoms with Crippen molar-refractivity contribution in [3.63, 3.8) is 0 Å². The highest BCUT2D eigenvalue weighted by atomic mass is 16.5. The van der Waals surface area contributed by atoms with Crippen LogP contribution in [0.1, 0.15) is 35.3 Å². The molecule has 0 bridgehead atoms. The summed E-state index contributed by atoms with van der Waals surface area (Å²) in [5, 5.41) is 0. The molecule has 4 rings (SSSR count). The topological polar surface area (TPSA) is 29.5 Å². The molecule has 1 unspecified atom stereocenters. The fourth-order valence-corrected chi connectivity index (χ4v) is 4.22. The zero-order valence-electron chi connectivity index (χ0n) is 20.8. The SMILES string of the molecule is C=CC(=O)OC(C)c1ccc(-c2ccc(N(c3ccc(C)cc3)c3ccc(C)cc3C)cc2)cc1. The zero-order chi connectivity index (χ0) is 24.9. The van der Waals surface area contributed by atoms with Gasteiger partial charge in [-0.2, -0.15) is 0 Å². The van der Waals surface area contributed by atoms with Crippen LogP contribution in [0.5, 0.6) is 0 Å². The molecule has 0 amide bonds. The van der Waals surface area contributed by atoms with Crippen LogP contribution in [0.4, 0.5) is 17.1 Å². The van der Waals surface area contributed by atoms with Gasteiger partial charge in [0.05, 0.1) is 0 Å². The zero-order valence-corrected chi connectivity index (χ0v) is 20.8. The Kier molecular flexibility index (Phi) is 7.17. The first-order valence-corrected chi connectivity index (χ1v) is 11.8. The summed E-state index contributed by atoms with van der Waals surface area (Å²) in [6.07, 6.45) is 0.863. The van der Waals surface area contributed by atoms with Gasteiger partial charge in [-0.3, -0.25) is 0 Å². The van der Waals surface area contributed by atoms with E-state index in [0.29, 0.717) is 0 Å². The highest BCUT2D eigenvalue weighted by Gasteiger charge is 2.15. The molecule has 3 nitrogen and oxygen atoms in total. The number of ether oxygens (including phenoxy) is 1. The van der Waals surface area contributed by atoms with Crippen LogP contribution in [-0.4, -0.2) is 5.97 Å². The van der Waals surface area contributed by atoms with Crippen molar-refractivity contribution in [2.75, 3.05) is 4.90 Å². The van der Waals surface area contributed by atoms with Gasteiger partial charge in [0, 0.05) is 23.1 Å². The van der Waals surface area contributed by atoms with Gasteiger partial charge in [0.15, 0.2) is 0 Å². The quantitative estimate of drug-likeness (QED) is 0.204. The third-order valence-electron chi connectivity index (χ3n) is 6.18. The summed E-state index contributed by atoms with van der Waals surface area (Å²) in [5.74, 6) is -0.417. The van der Waals surface area contributed by atoms with Crippen LogP contribution < -0.4 is 4.90 Å². The molecule has 0 aliphatic heterocycles. The standard InChI is InChI=1S/C32H31NO2/c1-6-32(34)35-25(5)26-10-12-27(13-11-26)28-14-18-30(19-15-28)33(29-16-7-22(2)8-17-29)31-20-9-23(3)21-24(31)4/h6-21,25H,1H2,2-5H3. The van der Waals surface area contributed by atoms with E-state index in [0.717, 1.165) is 28.1 Å². The number of anilines is 3. The molecule has 3 heteroatoms. The van der Waals surface area contributed by atoms with Crippen LogP contribution in [0.15, 0.2) is 104 Å². The van der Waals surface area contributed by atoms with Crippen LogP contribution in [0.2, 0.25) is 0 Å². The Morgan fingerprint density at radius 2 is 1.29 bits per heavy atom. The fraction of sp³-hybridized carbons (Fsp3) is 0.156. The number of hydrogen-bond donors (Lipinski definition) is 0. The van der Waals surface area contributed by atoms with Crippen molar-refractivity contribution in [2.24, 2.45) is 0 Å². The van der Waals surface area contributed by atoms with Crippen LogP contribution >= 0.6 is 0 Å². The Bertz CT molecular complexity index is 1320. The Labute approximate surface area is 208 Å². The number of esters is 1. The fourth-order valence-electron chi connectivity index (χ4n) is 4.22. The largest absolute Gasteiger partial charge is 0.455 e. The number of benzene rings is 4. The van der Waals surface area contributed by atoms with Gasteiger partial charge in [0.2, 0.25) is 0 Å². The molecule has 0 radical (unpaired) electrons. The van der Waals surface area contributed by atoms with Crippen molar-refractivity contribution in [3.8, 4) is 11.1 Å². The lowest BCUT2D eigenvalue weighted by Crippen LogP contribution is -2.11. The summed E-state index contributed by atoms with van der Waals surface area (Å²) >= 11 is 0. The van der Waals surface area contributed by atoms with Crippen molar-refractivity contribution in [2.45, 2.75) is 33.8 Å². The smallest absolute Gasteiger partial charge is 0.330 e. The predicted molar refractivity (Wildman–Crippen MR) is 145 cm³/mol. The summed E-state index contributed by atoms with van der Waals surface area (Å²) in [6.45, 7) is 11.7. The van der Waals surface area contributed by atoms with Crippen molar-refractivity contribution in [3.05, 3.63) is 126 Å². The lowest BCUT2D eigenvalue weighted by molar-refractivity contribution is -0.142. The van der Waals surface area contributed by atoms with Gasteiger partial charge in [-0.05, 0) is 80.3 Å². The molecule has 1 atom stereocenters. The minimum atomic E-state index is -0.417. The van der Waals surface area contributed by atoms with Gasteiger partial charge in [0.25, 0.3) is 0 Å². The molecule has 4 aromatic rings. The van der Waals surface area contributed by atoms with E-state index in [1.807, 2.05) is 19.1 Å². The van der Waals surface area contributed by atoms with Crippen LogP contribution in [0.25, 0.3) is 11.1 Å². The van der Waals surface area contributed by atoms with Crippen LogP contribution in [-0.2, 0) is 9.53 Å². The molecule has 176 valence electrons. The number of nitrogens with zero attached hydrogens (tertiary/aromatic N) is 1. The lowest BCUT2D eigenvalue weighted by Gasteiger charge is -2.27. The van der Waals surface area contributed by atoms with Gasteiger partial charge in [-0.25, -0.2) is 4.79 Å². The molecular formula is C32H31NO2. The highest BCUT2D eigenvalue weighted by Crippen LogP contribution is 2.37. The molecule has 0 heterocycles. The Morgan fingerprint density at radius 1 is 0.771 bits per heavy atom. The first-order chi connectivity index (χ1) is 16.9. The summed E-state index contributed by atoms with van der Waals surface area (Å²) < 4.78 is 5.32. The average molecular weight is 462 g/mol. The molecule has 0 saturated carbocycles. The first-order valence-electron chi connectivity index (χ1n) is 11.8. The molecule has 35 heavy (non-hydrogen) atoms. The maximum atomic E-state index is 11.5. The van der Waals surface area contributed by atoms with Gasteiger partial charge in [-0.1, -0.05) is 78.4 Å². The molecule has 0 aliphatic carbocycles. The molecule has 0 saturated heterocycles. The number of hydrogen-bond acceptors (Lipinski definition) is 3. The number of carbonyl (C=O) groups is 1. The maximum Gasteiger partial charge on any atom is 0.330 e. The highest BCUT2D eigenvalue weighted by molar-refractivity contribution is 5.81. The van der Waals surface area contributed by atoms with Gasteiger partial charge in [0.1, 0.15) is 6.10 Å². The number of aryl methyl sites for hydroxylation is 3. The molecule has 0 fully saturated rings. The van der Waals surface area contributed by atoms with Crippen molar-refractivity contribution in [1.82, 2.24) is 0 Å². The third kappa shape index (κ3) is 5.52. The molecule has 0 spiro atoms. The summed E-state index contributed by atoms with van der Waals surface area (Å²) in [7, 11) is 0. The summed E-state index contributed by atoms with van der Waals surface area (Å²) in [6, 6.07) is 31.9. The monoisotopic (exact) mass is 461 g/mol. The van der Waals surface area contributed by atoms with E-state index in [9.17, 15) is 4.79 Å². The molecule has 0 aliphatic rings. The summed E-state index contributed by atoms with van der Waals surface area (Å²) in [4.78, 5) is 13.8. The van der Waals surface area contributed by atoms with Crippen molar-refractivity contribution in [1.29, 1.82) is 0 Å². The predicted octanol–water partition coefficient (Wildman–Crippen LogP) is 8.54. The third-order valence-corrected chi connectivity index (χ3v) is 6.18. The van der Waals surface area contributed by atoms with E-state index < -0.39 is 5.97 Å². The molecule has 4 aromatic carbocycles. The Hall–Kier alpha value is -4.11. The second-order valence-corrected chi connectivity index (χ2v) is 8.91. The van der Waals surface area contributed by atoms with E-state index >= 15 is 0 Å². The van der Waals surface area contributed by atoms with Crippen molar-refractivity contribution >= 4 is 23.0 Å². The van der Waals surface area contributed by atoms with E-state index in [4.69, 9.17) is 4.74 Å². The Morgan fingerprint density at radius 3 is 1.83 bits per heavy atom.